The zero-order valence-corrected chi connectivity index (χ0v) is 19.6. The summed E-state index contributed by atoms with van der Waals surface area (Å²) in [5, 5.41) is 23.7. The highest BCUT2D eigenvalue weighted by Gasteiger charge is 2.32. The Morgan fingerprint density at radius 3 is 2.23 bits per heavy atom. The second-order valence-corrected chi connectivity index (χ2v) is 9.29. The number of hydrogen-bond acceptors (Lipinski definition) is 5. The molecular weight excluding hydrogens is 448 g/mol. The summed E-state index contributed by atoms with van der Waals surface area (Å²) in [5.74, 6) is -1.76. The van der Waals surface area contributed by atoms with E-state index < -0.39 is 18.2 Å². The first kappa shape index (κ1) is 24.7. The normalized spacial score (nSPS) is 19.8. The molecule has 186 valence electrons. The maximum atomic E-state index is 12.7. The van der Waals surface area contributed by atoms with Crippen molar-refractivity contribution in [3.8, 4) is 11.1 Å². The third kappa shape index (κ3) is 5.82. The number of carboxylic acid groups (broad SMARTS) is 1. The van der Waals surface area contributed by atoms with E-state index in [1.165, 1.54) is 11.1 Å². The van der Waals surface area contributed by atoms with Gasteiger partial charge in [-0.05, 0) is 41.0 Å². The van der Waals surface area contributed by atoms with Crippen LogP contribution >= 0.6 is 0 Å². The Bertz CT molecular complexity index is 1030. The van der Waals surface area contributed by atoms with Gasteiger partial charge in [-0.2, -0.15) is 0 Å². The van der Waals surface area contributed by atoms with Gasteiger partial charge in [0.1, 0.15) is 6.61 Å². The molecule has 2 aromatic rings. The average Bonchev–Trinajstić information content (AvgIpc) is 3.20. The van der Waals surface area contributed by atoms with Gasteiger partial charge in [-0.1, -0.05) is 61.4 Å². The number of amides is 2. The van der Waals surface area contributed by atoms with Crippen molar-refractivity contribution >= 4 is 18.0 Å². The molecule has 4 rings (SSSR count). The Morgan fingerprint density at radius 1 is 0.943 bits per heavy atom. The predicted octanol–water partition coefficient (Wildman–Crippen LogP) is 3.28. The zero-order valence-electron chi connectivity index (χ0n) is 19.6. The number of benzene rings is 2. The van der Waals surface area contributed by atoms with E-state index in [1.807, 2.05) is 24.3 Å². The van der Waals surface area contributed by atoms with E-state index in [-0.39, 0.29) is 43.2 Å². The van der Waals surface area contributed by atoms with Crippen LogP contribution in [0.1, 0.15) is 49.1 Å². The van der Waals surface area contributed by atoms with Gasteiger partial charge in [0.2, 0.25) is 5.91 Å². The molecule has 0 aliphatic heterocycles. The van der Waals surface area contributed by atoms with Crippen LogP contribution in [0.4, 0.5) is 4.79 Å². The first-order valence-corrected chi connectivity index (χ1v) is 12.2. The highest BCUT2D eigenvalue weighted by molar-refractivity contribution is 5.80. The van der Waals surface area contributed by atoms with Gasteiger partial charge in [0, 0.05) is 31.3 Å². The number of alkyl carbamates (subject to hydrolysis) is 1. The van der Waals surface area contributed by atoms with Gasteiger partial charge in [-0.15, -0.1) is 0 Å². The molecule has 1 fully saturated rings. The van der Waals surface area contributed by atoms with Crippen LogP contribution < -0.4 is 10.6 Å². The maximum Gasteiger partial charge on any atom is 0.407 e. The fourth-order valence-electron chi connectivity index (χ4n) is 5.25. The summed E-state index contributed by atoms with van der Waals surface area (Å²) in [7, 11) is 0. The zero-order chi connectivity index (χ0) is 24.8. The first-order chi connectivity index (χ1) is 17.0. The third-order valence-corrected chi connectivity index (χ3v) is 7.10. The Hall–Kier alpha value is -3.39. The van der Waals surface area contributed by atoms with Crippen molar-refractivity contribution in [2.45, 2.75) is 44.1 Å². The summed E-state index contributed by atoms with van der Waals surface area (Å²) in [4.78, 5) is 35.9. The van der Waals surface area contributed by atoms with E-state index in [2.05, 4.69) is 34.9 Å². The third-order valence-electron chi connectivity index (χ3n) is 7.10. The SMILES string of the molecule is O=C(NC[C@H]1CCCC[C@H]1C(=O)NCC[C@H](O)C(=O)O)OCC1c2ccccc2-c2ccccc21. The lowest BCUT2D eigenvalue weighted by Crippen LogP contribution is -2.42. The summed E-state index contributed by atoms with van der Waals surface area (Å²) in [6.07, 6.45) is 1.41. The fraction of sp³-hybridized carbons (Fsp3) is 0.444. The number of aliphatic hydroxyl groups is 1. The van der Waals surface area contributed by atoms with Crippen molar-refractivity contribution in [2.24, 2.45) is 11.8 Å². The van der Waals surface area contributed by atoms with Gasteiger partial charge in [0.05, 0.1) is 0 Å². The summed E-state index contributed by atoms with van der Waals surface area (Å²) in [5.41, 5.74) is 4.64. The van der Waals surface area contributed by atoms with Crippen LogP contribution in [0.5, 0.6) is 0 Å². The Morgan fingerprint density at radius 2 is 1.57 bits per heavy atom. The molecule has 0 aromatic heterocycles. The summed E-state index contributed by atoms with van der Waals surface area (Å²) >= 11 is 0. The van der Waals surface area contributed by atoms with E-state index in [9.17, 15) is 19.5 Å². The van der Waals surface area contributed by atoms with Crippen LogP contribution in [-0.4, -0.2) is 54.0 Å². The van der Waals surface area contributed by atoms with E-state index in [0.29, 0.717) is 13.0 Å². The van der Waals surface area contributed by atoms with Crippen LogP contribution in [-0.2, 0) is 14.3 Å². The van der Waals surface area contributed by atoms with E-state index in [0.717, 1.165) is 30.4 Å². The molecular formula is C27H32N2O6. The smallest absolute Gasteiger partial charge is 0.407 e. The average molecular weight is 481 g/mol. The highest BCUT2D eigenvalue weighted by Crippen LogP contribution is 2.44. The first-order valence-electron chi connectivity index (χ1n) is 12.2. The molecule has 2 aliphatic rings. The molecule has 4 N–H and O–H groups in total. The van der Waals surface area contributed by atoms with E-state index in [4.69, 9.17) is 9.84 Å². The van der Waals surface area contributed by atoms with Crippen LogP contribution in [0.15, 0.2) is 48.5 Å². The largest absolute Gasteiger partial charge is 0.479 e. The van der Waals surface area contributed by atoms with Gasteiger partial charge < -0.3 is 25.6 Å². The lowest BCUT2D eigenvalue weighted by Gasteiger charge is -2.30. The van der Waals surface area contributed by atoms with Crippen LogP contribution in [0.25, 0.3) is 11.1 Å². The molecule has 2 aromatic carbocycles. The molecule has 0 spiro atoms. The number of ether oxygens (including phenoxy) is 1. The van der Waals surface area contributed by atoms with Crippen molar-refractivity contribution in [1.82, 2.24) is 10.6 Å². The molecule has 0 bridgehead atoms. The Labute approximate surface area is 204 Å². The molecule has 0 radical (unpaired) electrons. The monoisotopic (exact) mass is 480 g/mol. The van der Waals surface area contributed by atoms with Crippen molar-refractivity contribution in [3.05, 3.63) is 59.7 Å². The topological polar surface area (TPSA) is 125 Å². The second kappa shape index (κ2) is 11.4. The molecule has 0 saturated heterocycles. The van der Waals surface area contributed by atoms with Crippen LogP contribution in [0, 0.1) is 11.8 Å². The summed E-state index contributed by atoms with van der Waals surface area (Å²) in [6, 6.07) is 16.3. The van der Waals surface area contributed by atoms with Gasteiger partial charge in [-0.25, -0.2) is 9.59 Å². The standard InChI is InChI=1S/C27H32N2O6/c30-24(26(32)33)13-14-28-25(31)18-8-2-1-7-17(18)15-29-27(34)35-16-23-21-11-5-3-9-19(21)20-10-4-6-12-22(20)23/h3-6,9-12,17-18,23-24,30H,1-2,7-8,13-16H2,(H,28,31)(H,29,34)(H,32,33)/t17-,18-,24+/m1/s1. The number of hydrogen-bond donors (Lipinski definition) is 4. The number of carbonyl (C=O) groups excluding carboxylic acids is 2. The highest BCUT2D eigenvalue weighted by atomic mass is 16.5. The fourth-order valence-corrected chi connectivity index (χ4v) is 5.25. The molecule has 8 nitrogen and oxygen atoms in total. The Kier molecular flexibility index (Phi) is 8.02. The summed E-state index contributed by atoms with van der Waals surface area (Å²) < 4.78 is 5.61. The van der Waals surface area contributed by atoms with Gasteiger partial charge in [-0.3, -0.25) is 4.79 Å². The second-order valence-electron chi connectivity index (χ2n) is 9.29. The van der Waals surface area contributed by atoms with E-state index >= 15 is 0 Å². The number of carbonyl (C=O) groups is 3. The van der Waals surface area contributed by atoms with Crippen LogP contribution in [0.3, 0.4) is 0 Å². The van der Waals surface area contributed by atoms with Crippen LogP contribution in [0.2, 0.25) is 0 Å². The lowest BCUT2D eigenvalue weighted by atomic mass is 9.78. The number of fused-ring (bicyclic) bond motifs is 3. The van der Waals surface area contributed by atoms with Crippen molar-refractivity contribution < 1.29 is 29.3 Å². The number of rotatable bonds is 9. The van der Waals surface area contributed by atoms with Crippen molar-refractivity contribution in [3.63, 3.8) is 0 Å². The minimum absolute atomic E-state index is 0.0116. The van der Waals surface area contributed by atoms with Gasteiger partial charge in [0.15, 0.2) is 6.10 Å². The molecule has 0 unspecified atom stereocenters. The number of nitrogens with one attached hydrogen (secondary N) is 2. The summed E-state index contributed by atoms with van der Waals surface area (Å²) in [6.45, 7) is 0.669. The molecule has 0 heterocycles. The maximum absolute atomic E-state index is 12.7. The predicted molar refractivity (Wildman–Crippen MR) is 130 cm³/mol. The molecule has 35 heavy (non-hydrogen) atoms. The molecule has 1 saturated carbocycles. The lowest BCUT2D eigenvalue weighted by molar-refractivity contribution is -0.147. The van der Waals surface area contributed by atoms with Gasteiger partial charge in [0.25, 0.3) is 0 Å². The van der Waals surface area contributed by atoms with Crippen molar-refractivity contribution in [2.75, 3.05) is 19.7 Å². The quantitative estimate of drug-likeness (QED) is 0.437. The van der Waals surface area contributed by atoms with Crippen molar-refractivity contribution in [1.29, 1.82) is 0 Å². The molecule has 2 amide bonds. The molecule has 3 atom stereocenters. The molecule has 2 aliphatic carbocycles. The minimum atomic E-state index is -1.49. The van der Waals surface area contributed by atoms with E-state index in [1.54, 1.807) is 0 Å². The number of aliphatic hydroxyl groups excluding tert-OH is 1. The number of aliphatic carboxylic acids is 1. The molecule has 8 heteroatoms. The number of carboxylic acids is 1. The minimum Gasteiger partial charge on any atom is -0.479 e. The Balaban J connectivity index is 1.28. The van der Waals surface area contributed by atoms with Gasteiger partial charge >= 0.3 is 12.1 Å².